The van der Waals surface area contributed by atoms with E-state index in [4.69, 9.17) is 0 Å². The number of halogens is 1. The van der Waals surface area contributed by atoms with E-state index in [1.165, 1.54) is 0 Å². The molecule has 1 aliphatic rings. The summed E-state index contributed by atoms with van der Waals surface area (Å²) in [6.07, 6.45) is 1.55. The molecule has 2 amide bonds. The van der Waals surface area contributed by atoms with Crippen molar-refractivity contribution in [2.24, 2.45) is 5.92 Å². The Kier molecular flexibility index (Phi) is 6.23. The van der Waals surface area contributed by atoms with E-state index in [0.29, 0.717) is 38.5 Å². The highest BCUT2D eigenvalue weighted by atomic mass is 127. The Morgan fingerprint density at radius 3 is 2.14 bits per heavy atom. The molecule has 2 rings (SSSR count). The van der Waals surface area contributed by atoms with Gasteiger partial charge in [0.2, 0.25) is 5.91 Å². The summed E-state index contributed by atoms with van der Waals surface area (Å²) in [6.45, 7) is 6.80. The lowest BCUT2D eigenvalue weighted by atomic mass is 10.1. The summed E-state index contributed by atoms with van der Waals surface area (Å²) in [4.78, 5) is 28.3. The molecule has 0 saturated carbocycles. The maximum atomic E-state index is 12.4. The Labute approximate surface area is 146 Å². The topological polar surface area (TPSA) is 40.6 Å². The highest BCUT2D eigenvalue weighted by molar-refractivity contribution is 14.1. The molecule has 1 fully saturated rings. The van der Waals surface area contributed by atoms with Gasteiger partial charge in [-0.25, -0.2) is 0 Å². The molecule has 1 saturated heterocycles. The number of rotatable bonds is 4. The summed E-state index contributed by atoms with van der Waals surface area (Å²) >= 11 is 2.23. The minimum atomic E-state index is 0.0608. The van der Waals surface area contributed by atoms with E-state index >= 15 is 0 Å². The van der Waals surface area contributed by atoms with Gasteiger partial charge in [-0.3, -0.25) is 9.59 Å². The zero-order chi connectivity index (χ0) is 16.1. The van der Waals surface area contributed by atoms with E-state index < -0.39 is 0 Å². The molecule has 0 aliphatic carbocycles. The number of carbonyl (C=O) groups excluding carboxylic acids is 2. The predicted molar refractivity (Wildman–Crippen MR) is 95.7 cm³/mol. The number of hydrogen-bond acceptors (Lipinski definition) is 2. The highest BCUT2D eigenvalue weighted by Gasteiger charge is 2.24. The van der Waals surface area contributed by atoms with Crippen molar-refractivity contribution in [3.63, 3.8) is 0 Å². The van der Waals surface area contributed by atoms with Gasteiger partial charge in [0.05, 0.1) is 0 Å². The Bertz CT molecular complexity index is 520. The SMILES string of the molecule is CC(C)CCC(=O)N1CCN(C(=O)c2ccc(I)cc2)CC1. The Morgan fingerprint density at radius 2 is 1.59 bits per heavy atom. The second-order valence-electron chi connectivity index (χ2n) is 6.11. The first kappa shape index (κ1) is 17.2. The summed E-state index contributed by atoms with van der Waals surface area (Å²) in [7, 11) is 0. The molecule has 0 spiro atoms. The van der Waals surface area contributed by atoms with Gasteiger partial charge in [-0.1, -0.05) is 13.8 Å². The van der Waals surface area contributed by atoms with Crippen LogP contribution in [0.1, 0.15) is 37.0 Å². The fourth-order valence-corrected chi connectivity index (χ4v) is 2.86. The average Bonchev–Trinajstić information content (AvgIpc) is 2.53. The van der Waals surface area contributed by atoms with Crippen LogP contribution in [-0.2, 0) is 4.79 Å². The van der Waals surface area contributed by atoms with Crippen LogP contribution in [0.3, 0.4) is 0 Å². The maximum absolute atomic E-state index is 12.4. The molecule has 0 atom stereocenters. The fraction of sp³-hybridized carbons (Fsp3) is 0.529. The summed E-state index contributed by atoms with van der Waals surface area (Å²) in [5.74, 6) is 0.827. The fourth-order valence-electron chi connectivity index (χ4n) is 2.50. The third-order valence-corrected chi connectivity index (χ3v) is 4.67. The molecule has 5 heteroatoms. The minimum absolute atomic E-state index is 0.0608. The molecule has 4 nitrogen and oxygen atoms in total. The number of hydrogen-bond donors (Lipinski definition) is 0. The van der Waals surface area contributed by atoms with Crippen LogP contribution >= 0.6 is 22.6 Å². The maximum Gasteiger partial charge on any atom is 0.253 e. The molecule has 0 radical (unpaired) electrons. The zero-order valence-corrected chi connectivity index (χ0v) is 15.4. The number of benzene rings is 1. The number of carbonyl (C=O) groups is 2. The largest absolute Gasteiger partial charge is 0.339 e. The van der Waals surface area contributed by atoms with Crippen molar-refractivity contribution in [2.45, 2.75) is 26.7 Å². The van der Waals surface area contributed by atoms with Crippen molar-refractivity contribution in [1.82, 2.24) is 9.80 Å². The van der Waals surface area contributed by atoms with Crippen LogP contribution in [0.15, 0.2) is 24.3 Å². The van der Waals surface area contributed by atoms with E-state index in [2.05, 4.69) is 36.4 Å². The number of amides is 2. The molecule has 0 bridgehead atoms. The van der Waals surface area contributed by atoms with Crippen molar-refractivity contribution in [3.05, 3.63) is 33.4 Å². The highest BCUT2D eigenvalue weighted by Crippen LogP contribution is 2.13. The molecule has 0 unspecified atom stereocenters. The van der Waals surface area contributed by atoms with Crippen LogP contribution < -0.4 is 0 Å². The summed E-state index contributed by atoms with van der Waals surface area (Å²) < 4.78 is 1.12. The lowest BCUT2D eigenvalue weighted by Crippen LogP contribution is -2.50. The van der Waals surface area contributed by atoms with Gasteiger partial charge in [-0.05, 0) is 59.2 Å². The van der Waals surface area contributed by atoms with E-state index in [0.717, 1.165) is 15.6 Å². The molecular weight excluding hydrogens is 391 g/mol. The Hall–Kier alpha value is -1.11. The molecule has 0 aromatic heterocycles. The van der Waals surface area contributed by atoms with Gasteiger partial charge in [0.1, 0.15) is 0 Å². The van der Waals surface area contributed by atoms with Crippen LogP contribution in [0.25, 0.3) is 0 Å². The van der Waals surface area contributed by atoms with Crippen LogP contribution in [0.4, 0.5) is 0 Å². The van der Waals surface area contributed by atoms with E-state index in [1.54, 1.807) is 0 Å². The molecule has 1 aliphatic heterocycles. The van der Waals surface area contributed by atoms with Gasteiger partial charge in [-0.15, -0.1) is 0 Å². The quantitative estimate of drug-likeness (QED) is 0.711. The second kappa shape index (κ2) is 7.94. The minimum Gasteiger partial charge on any atom is -0.339 e. The standard InChI is InChI=1S/C17H23IN2O2/c1-13(2)3-8-16(21)19-9-11-20(12-10-19)17(22)14-4-6-15(18)7-5-14/h4-7,13H,3,8-12H2,1-2H3. The molecule has 1 aromatic carbocycles. The lowest BCUT2D eigenvalue weighted by molar-refractivity contribution is -0.132. The van der Waals surface area contributed by atoms with Crippen LogP contribution in [-0.4, -0.2) is 47.8 Å². The molecule has 0 N–H and O–H groups in total. The first-order valence-corrected chi connectivity index (χ1v) is 8.88. The van der Waals surface area contributed by atoms with Gasteiger partial charge < -0.3 is 9.80 Å². The third-order valence-electron chi connectivity index (χ3n) is 3.95. The molecule has 1 heterocycles. The van der Waals surface area contributed by atoms with Gasteiger partial charge in [0.15, 0.2) is 0 Å². The number of piperazine rings is 1. The lowest BCUT2D eigenvalue weighted by Gasteiger charge is -2.35. The average molecular weight is 414 g/mol. The smallest absolute Gasteiger partial charge is 0.253 e. The van der Waals surface area contributed by atoms with Crippen molar-refractivity contribution in [3.8, 4) is 0 Å². The Morgan fingerprint density at radius 1 is 1.05 bits per heavy atom. The van der Waals surface area contributed by atoms with Crippen LogP contribution in [0.5, 0.6) is 0 Å². The van der Waals surface area contributed by atoms with Crippen molar-refractivity contribution in [2.75, 3.05) is 26.2 Å². The third kappa shape index (κ3) is 4.69. The normalized spacial score (nSPS) is 15.3. The van der Waals surface area contributed by atoms with Gasteiger partial charge >= 0.3 is 0 Å². The summed E-state index contributed by atoms with van der Waals surface area (Å²) in [5.41, 5.74) is 0.722. The summed E-state index contributed by atoms with van der Waals surface area (Å²) in [5, 5.41) is 0. The second-order valence-corrected chi connectivity index (χ2v) is 7.36. The van der Waals surface area contributed by atoms with Crippen molar-refractivity contribution >= 4 is 34.4 Å². The van der Waals surface area contributed by atoms with Crippen molar-refractivity contribution < 1.29 is 9.59 Å². The van der Waals surface area contributed by atoms with Gasteiger partial charge in [0.25, 0.3) is 5.91 Å². The van der Waals surface area contributed by atoms with E-state index in [9.17, 15) is 9.59 Å². The molecule has 1 aromatic rings. The van der Waals surface area contributed by atoms with Crippen molar-refractivity contribution in [1.29, 1.82) is 0 Å². The first-order valence-electron chi connectivity index (χ1n) is 7.80. The molecule has 120 valence electrons. The van der Waals surface area contributed by atoms with Crippen LogP contribution in [0, 0.1) is 9.49 Å². The molecular formula is C17H23IN2O2. The first-order chi connectivity index (χ1) is 10.5. The molecule has 22 heavy (non-hydrogen) atoms. The zero-order valence-electron chi connectivity index (χ0n) is 13.2. The van der Waals surface area contributed by atoms with Gasteiger partial charge in [-0.2, -0.15) is 0 Å². The number of nitrogens with zero attached hydrogens (tertiary/aromatic N) is 2. The van der Waals surface area contributed by atoms with Gasteiger partial charge in [0, 0.05) is 41.7 Å². The predicted octanol–water partition coefficient (Wildman–Crippen LogP) is 3.01. The summed E-state index contributed by atoms with van der Waals surface area (Å²) in [6, 6.07) is 7.62. The van der Waals surface area contributed by atoms with E-state index in [-0.39, 0.29) is 11.8 Å². The van der Waals surface area contributed by atoms with E-state index in [1.807, 2.05) is 34.1 Å². The van der Waals surface area contributed by atoms with Crippen LogP contribution in [0.2, 0.25) is 0 Å². The Balaban J connectivity index is 1.85. The monoisotopic (exact) mass is 414 g/mol.